The number of hydrogen-bond donors (Lipinski definition) is 1. The minimum absolute atomic E-state index is 0.142. The topological polar surface area (TPSA) is 43.1 Å². The van der Waals surface area contributed by atoms with Crippen LogP contribution in [0.15, 0.2) is 0 Å². The minimum atomic E-state index is -0.764. The zero-order valence-electron chi connectivity index (χ0n) is 12.7. The largest absolute Gasteiger partial charge is 0.327 e. The van der Waals surface area contributed by atoms with Gasteiger partial charge in [-0.3, -0.25) is 4.21 Å². The molecule has 0 heterocycles. The summed E-state index contributed by atoms with van der Waals surface area (Å²) in [5, 5.41) is 0.495. The van der Waals surface area contributed by atoms with Crippen molar-refractivity contribution < 1.29 is 4.21 Å². The van der Waals surface area contributed by atoms with Crippen molar-refractivity contribution in [3.05, 3.63) is 0 Å². The molecule has 0 aliphatic heterocycles. The normalized spacial score (nSPS) is 33.1. The van der Waals surface area contributed by atoms with Crippen LogP contribution in [-0.2, 0) is 10.8 Å². The van der Waals surface area contributed by atoms with Gasteiger partial charge in [0.2, 0.25) is 0 Å². The average Bonchev–Trinajstić information content (AvgIpc) is 2.37. The first-order chi connectivity index (χ1) is 8.33. The highest BCUT2D eigenvalue weighted by molar-refractivity contribution is 7.86. The third kappa shape index (κ3) is 3.57. The molecule has 0 aromatic rings. The highest BCUT2D eigenvalue weighted by atomic mass is 32.2. The molecular formula is C15H31NOS. The Hall–Kier alpha value is 0.110. The minimum Gasteiger partial charge on any atom is -0.327 e. The fraction of sp³-hybridized carbons (Fsp3) is 1.00. The number of nitrogens with two attached hydrogens (primary N) is 1. The van der Waals surface area contributed by atoms with E-state index in [2.05, 4.69) is 34.6 Å². The second-order valence-corrected chi connectivity index (χ2v) is 8.67. The summed E-state index contributed by atoms with van der Waals surface area (Å²) in [6.07, 6.45) is 5.48. The van der Waals surface area contributed by atoms with Crippen molar-refractivity contribution in [3.63, 3.8) is 0 Å². The van der Waals surface area contributed by atoms with Crippen LogP contribution in [0.4, 0.5) is 0 Å². The van der Waals surface area contributed by atoms with Crippen LogP contribution < -0.4 is 5.73 Å². The van der Waals surface area contributed by atoms with Gasteiger partial charge in [0.15, 0.2) is 0 Å². The maximum atomic E-state index is 12.5. The summed E-state index contributed by atoms with van der Waals surface area (Å²) < 4.78 is 12.5. The molecule has 0 radical (unpaired) electrons. The van der Waals surface area contributed by atoms with E-state index in [0.29, 0.717) is 11.3 Å². The Labute approximate surface area is 116 Å². The van der Waals surface area contributed by atoms with Crippen LogP contribution in [0.3, 0.4) is 0 Å². The van der Waals surface area contributed by atoms with Crippen molar-refractivity contribution in [2.45, 2.75) is 83.3 Å². The number of hydrogen-bond acceptors (Lipinski definition) is 2. The van der Waals surface area contributed by atoms with E-state index >= 15 is 0 Å². The van der Waals surface area contributed by atoms with Crippen LogP contribution in [-0.4, -0.2) is 20.8 Å². The predicted octanol–water partition coefficient (Wildman–Crippen LogP) is 3.47. The Bertz CT molecular complexity index is 290. The first kappa shape index (κ1) is 16.2. The molecule has 1 aliphatic rings. The molecule has 0 saturated heterocycles. The quantitative estimate of drug-likeness (QED) is 0.833. The van der Waals surface area contributed by atoms with Crippen molar-refractivity contribution in [1.82, 2.24) is 0 Å². The second kappa shape index (κ2) is 6.51. The molecule has 0 aromatic heterocycles. The summed E-state index contributed by atoms with van der Waals surface area (Å²) in [5.74, 6) is 0.681. The molecule has 5 unspecified atom stereocenters. The van der Waals surface area contributed by atoms with Crippen molar-refractivity contribution in [3.8, 4) is 0 Å². The van der Waals surface area contributed by atoms with Gasteiger partial charge >= 0.3 is 0 Å². The van der Waals surface area contributed by atoms with E-state index in [9.17, 15) is 4.21 Å². The first-order valence-electron chi connectivity index (χ1n) is 7.48. The van der Waals surface area contributed by atoms with Gasteiger partial charge in [-0.25, -0.2) is 0 Å². The molecule has 0 aromatic carbocycles. The molecule has 0 spiro atoms. The van der Waals surface area contributed by atoms with Gasteiger partial charge in [-0.2, -0.15) is 0 Å². The fourth-order valence-electron chi connectivity index (χ4n) is 2.88. The van der Waals surface area contributed by atoms with E-state index in [-0.39, 0.29) is 16.5 Å². The highest BCUT2D eigenvalue weighted by Gasteiger charge is 2.39. The Morgan fingerprint density at radius 1 is 1.33 bits per heavy atom. The summed E-state index contributed by atoms with van der Waals surface area (Å²) in [6, 6.07) is 0.142. The van der Waals surface area contributed by atoms with Gasteiger partial charge in [0.1, 0.15) is 0 Å². The molecule has 1 fully saturated rings. The molecule has 2 nitrogen and oxygen atoms in total. The molecule has 108 valence electrons. The summed E-state index contributed by atoms with van der Waals surface area (Å²) in [7, 11) is -0.764. The van der Waals surface area contributed by atoms with Crippen molar-refractivity contribution in [1.29, 1.82) is 0 Å². The van der Waals surface area contributed by atoms with Gasteiger partial charge in [0.25, 0.3) is 0 Å². The molecule has 18 heavy (non-hydrogen) atoms. The lowest BCUT2D eigenvalue weighted by Crippen LogP contribution is -2.47. The van der Waals surface area contributed by atoms with Crippen LogP contribution in [0.5, 0.6) is 0 Å². The van der Waals surface area contributed by atoms with Crippen LogP contribution in [0.2, 0.25) is 0 Å². The Kier molecular flexibility index (Phi) is 5.85. The highest BCUT2D eigenvalue weighted by Crippen LogP contribution is 2.41. The molecule has 0 amide bonds. The van der Waals surface area contributed by atoms with Gasteiger partial charge in [0, 0.05) is 22.1 Å². The summed E-state index contributed by atoms with van der Waals surface area (Å²) in [6.45, 7) is 11.2. The Morgan fingerprint density at radius 2 is 1.94 bits per heavy atom. The molecule has 5 atom stereocenters. The maximum Gasteiger partial charge on any atom is 0.0504 e. The SMILES string of the molecule is CCC(C)S(=O)C1CC(C(C)(C)CC)CCC1N. The Morgan fingerprint density at radius 3 is 2.44 bits per heavy atom. The zero-order chi connectivity index (χ0) is 13.9. The first-order valence-corrected chi connectivity index (χ1v) is 8.76. The molecule has 1 rings (SSSR count). The van der Waals surface area contributed by atoms with Crippen LogP contribution >= 0.6 is 0 Å². The van der Waals surface area contributed by atoms with Crippen LogP contribution in [0.25, 0.3) is 0 Å². The van der Waals surface area contributed by atoms with Gasteiger partial charge < -0.3 is 5.73 Å². The maximum absolute atomic E-state index is 12.5. The van der Waals surface area contributed by atoms with E-state index in [1.54, 1.807) is 0 Å². The summed E-state index contributed by atoms with van der Waals surface area (Å²) in [4.78, 5) is 0. The molecular weight excluding hydrogens is 242 g/mol. The van der Waals surface area contributed by atoms with Gasteiger partial charge in [-0.1, -0.05) is 41.0 Å². The van der Waals surface area contributed by atoms with Crippen molar-refractivity contribution in [2.75, 3.05) is 0 Å². The standard InChI is InChI=1S/C15H31NOS/c1-6-11(3)18(17)14-10-12(8-9-13(14)16)15(4,5)7-2/h11-14H,6-10,16H2,1-5H3. The third-order valence-electron chi connectivity index (χ3n) is 5.13. The van der Waals surface area contributed by atoms with Gasteiger partial charge in [-0.05, 0) is 37.0 Å². The van der Waals surface area contributed by atoms with Gasteiger partial charge in [-0.15, -0.1) is 0 Å². The molecule has 3 heteroatoms. The van der Waals surface area contributed by atoms with Gasteiger partial charge in [0.05, 0.1) is 5.25 Å². The van der Waals surface area contributed by atoms with E-state index in [1.165, 1.54) is 12.8 Å². The molecule has 0 bridgehead atoms. The monoisotopic (exact) mass is 273 g/mol. The third-order valence-corrected chi connectivity index (χ3v) is 7.39. The van der Waals surface area contributed by atoms with Crippen molar-refractivity contribution >= 4 is 10.8 Å². The zero-order valence-corrected chi connectivity index (χ0v) is 13.6. The smallest absolute Gasteiger partial charge is 0.0504 e. The van der Waals surface area contributed by atoms with Crippen molar-refractivity contribution in [2.24, 2.45) is 17.1 Å². The molecule has 1 saturated carbocycles. The lowest BCUT2D eigenvalue weighted by Gasteiger charge is -2.42. The average molecular weight is 273 g/mol. The molecule has 2 N–H and O–H groups in total. The lowest BCUT2D eigenvalue weighted by atomic mass is 9.69. The van der Waals surface area contributed by atoms with E-state index in [1.807, 2.05) is 0 Å². The van der Waals surface area contributed by atoms with E-state index in [0.717, 1.165) is 19.3 Å². The Balaban J connectivity index is 2.76. The van der Waals surface area contributed by atoms with E-state index < -0.39 is 10.8 Å². The van der Waals surface area contributed by atoms with Crippen LogP contribution in [0.1, 0.15) is 66.7 Å². The predicted molar refractivity (Wildman–Crippen MR) is 81.1 cm³/mol. The summed E-state index contributed by atoms with van der Waals surface area (Å²) in [5.41, 5.74) is 6.59. The second-order valence-electron chi connectivity index (χ2n) is 6.60. The van der Waals surface area contributed by atoms with Crippen LogP contribution in [0, 0.1) is 11.3 Å². The summed E-state index contributed by atoms with van der Waals surface area (Å²) >= 11 is 0. The van der Waals surface area contributed by atoms with E-state index in [4.69, 9.17) is 5.73 Å². The number of rotatable bonds is 5. The fourth-order valence-corrected chi connectivity index (χ4v) is 4.71. The lowest BCUT2D eigenvalue weighted by molar-refractivity contribution is 0.147. The molecule has 1 aliphatic carbocycles.